The van der Waals surface area contributed by atoms with E-state index in [1.807, 2.05) is 30.3 Å². The standard InChI is InChI=1S/C15H16F2N4O.HI/c16-13(17)10-22-14-8-4-7-12(20-14)9-19-15(18)21-11-5-2-1-3-6-11;/h1-8,13H,9-10H2,(H3,18,19,21);1H. The van der Waals surface area contributed by atoms with Gasteiger partial charge >= 0.3 is 0 Å². The van der Waals surface area contributed by atoms with Crippen LogP contribution in [0.1, 0.15) is 5.69 Å². The molecule has 0 saturated heterocycles. The monoisotopic (exact) mass is 434 g/mol. The molecule has 23 heavy (non-hydrogen) atoms. The summed E-state index contributed by atoms with van der Waals surface area (Å²) >= 11 is 0. The van der Waals surface area contributed by atoms with E-state index in [0.717, 1.165) is 5.69 Å². The Hall–Kier alpha value is -1.97. The molecule has 0 aliphatic heterocycles. The maximum absolute atomic E-state index is 12.1. The van der Waals surface area contributed by atoms with E-state index in [1.54, 1.807) is 12.1 Å². The molecule has 0 spiro atoms. The second kappa shape index (κ2) is 9.93. The number of guanidine groups is 1. The van der Waals surface area contributed by atoms with Crippen LogP contribution in [0.2, 0.25) is 0 Å². The second-order valence-corrected chi connectivity index (χ2v) is 4.36. The van der Waals surface area contributed by atoms with E-state index in [-0.39, 0.29) is 42.4 Å². The summed E-state index contributed by atoms with van der Waals surface area (Å²) in [6.07, 6.45) is -2.53. The number of alkyl halides is 2. The quantitative estimate of drug-likeness (QED) is 0.416. The summed E-state index contributed by atoms with van der Waals surface area (Å²) in [5.41, 5.74) is 7.17. The molecule has 0 atom stereocenters. The largest absolute Gasteiger partial charge is 0.472 e. The average molecular weight is 434 g/mol. The van der Waals surface area contributed by atoms with Crippen LogP contribution in [0.25, 0.3) is 0 Å². The molecule has 0 amide bonds. The summed E-state index contributed by atoms with van der Waals surface area (Å²) in [7, 11) is 0. The lowest BCUT2D eigenvalue weighted by Crippen LogP contribution is -2.22. The third-order valence-electron chi connectivity index (χ3n) is 2.60. The van der Waals surface area contributed by atoms with Gasteiger partial charge in [0.05, 0.1) is 12.2 Å². The van der Waals surface area contributed by atoms with Crippen LogP contribution in [0.3, 0.4) is 0 Å². The number of aromatic nitrogens is 1. The number of aliphatic imine (C=N–C) groups is 1. The second-order valence-electron chi connectivity index (χ2n) is 4.36. The number of nitrogens with one attached hydrogen (secondary N) is 1. The predicted molar refractivity (Wildman–Crippen MR) is 96.5 cm³/mol. The van der Waals surface area contributed by atoms with Crippen molar-refractivity contribution in [3.63, 3.8) is 0 Å². The zero-order valence-corrected chi connectivity index (χ0v) is 14.5. The lowest BCUT2D eigenvalue weighted by molar-refractivity contribution is 0.0795. The first-order chi connectivity index (χ1) is 10.6. The molecule has 0 fully saturated rings. The summed E-state index contributed by atoms with van der Waals surface area (Å²) in [5, 5.41) is 2.94. The number of anilines is 1. The predicted octanol–water partition coefficient (Wildman–Crippen LogP) is 3.27. The highest BCUT2D eigenvalue weighted by molar-refractivity contribution is 14.0. The summed E-state index contributed by atoms with van der Waals surface area (Å²) in [5.74, 6) is 0.384. The van der Waals surface area contributed by atoms with Crippen LogP contribution < -0.4 is 15.8 Å². The summed E-state index contributed by atoms with van der Waals surface area (Å²) in [4.78, 5) is 8.22. The normalized spacial score (nSPS) is 11.0. The van der Waals surface area contributed by atoms with Crippen molar-refractivity contribution in [3.8, 4) is 5.88 Å². The van der Waals surface area contributed by atoms with Crippen LogP contribution >= 0.6 is 24.0 Å². The highest BCUT2D eigenvalue weighted by Crippen LogP contribution is 2.10. The van der Waals surface area contributed by atoms with Crippen molar-refractivity contribution in [3.05, 3.63) is 54.2 Å². The smallest absolute Gasteiger partial charge is 0.272 e. The highest BCUT2D eigenvalue weighted by atomic mass is 127. The fourth-order valence-electron chi connectivity index (χ4n) is 1.65. The van der Waals surface area contributed by atoms with E-state index in [0.29, 0.717) is 5.69 Å². The van der Waals surface area contributed by atoms with Gasteiger partial charge in [-0.1, -0.05) is 24.3 Å². The highest BCUT2D eigenvalue weighted by Gasteiger charge is 2.05. The fourth-order valence-corrected chi connectivity index (χ4v) is 1.65. The Bertz CT molecular complexity index is 626. The summed E-state index contributed by atoms with van der Waals surface area (Å²) in [6, 6.07) is 14.3. The molecular weight excluding hydrogens is 417 g/mol. The third-order valence-corrected chi connectivity index (χ3v) is 2.60. The average Bonchev–Trinajstić information content (AvgIpc) is 2.52. The van der Waals surface area contributed by atoms with Crippen LogP contribution in [-0.2, 0) is 6.54 Å². The fraction of sp³-hybridized carbons (Fsp3) is 0.200. The van der Waals surface area contributed by atoms with Crippen LogP contribution in [0.4, 0.5) is 14.5 Å². The van der Waals surface area contributed by atoms with Gasteiger partial charge in [0.15, 0.2) is 12.6 Å². The Morgan fingerprint density at radius 3 is 2.61 bits per heavy atom. The zero-order chi connectivity index (χ0) is 15.8. The Morgan fingerprint density at radius 2 is 1.91 bits per heavy atom. The van der Waals surface area contributed by atoms with Gasteiger partial charge < -0.3 is 15.8 Å². The first-order valence-electron chi connectivity index (χ1n) is 6.62. The molecule has 0 bridgehead atoms. The van der Waals surface area contributed by atoms with Crippen molar-refractivity contribution in [2.75, 3.05) is 11.9 Å². The van der Waals surface area contributed by atoms with Gasteiger partial charge in [-0.15, -0.1) is 24.0 Å². The van der Waals surface area contributed by atoms with Crippen LogP contribution in [0.15, 0.2) is 53.5 Å². The van der Waals surface area contributed by atoms with Crippen LogP contribution in [0, 0.1) is 0 Å². The van der Waals surface area contributed by atoms with Gasteiger partial charge in [-0.2, -0.15) is 0 Å². The molecule has 0 aliphatic rings. The minimum Gasteiger partial charge on any atom is -0.472 e. The van der Waals surface area contributed by atoms with Gasteiger partial charge in [-0.3, -0.25) is 0 Å². The van der Waals surface area contributed by atoms with E-state index in [2.05, 4.69) is 15.3 Å². The minimum absolute atomic E-state index is 0. The van der Waals surface area contributed by atoms with E-state index < -0.39 is 13.0 Å². The van der Waals surface area contributed by atoms with Gasteiger partial charge in [-0.25, -0.2) is 18.8 Å². The molecule has 124 valence electrons. The van der Waals surface area contributed by atoms with Gasteiger partial charge in [0.25, 0.3) is 6.43 Å². The Labute approximate surface area is 150 Å². The number of hydrogen-bond donors (Lipinski definition) is 2. The molecule has 1 heterocycles. The lowest BCUT2D eigenvalue weighted by atomic mass is 10.3. The Kier molecular flexibility index (Phi) is 8.23. The number of benzene rings is 1. The molecule has 2 aromatic rings. The van der Waals surface area contributed by atoms with Gasteiger partial charge in [-0.05, 0) is 18.2 Å². The van der Waals surface area contributed by atoms with Crippen molar-refractivity contribution < 1.29 is 13.5 Å². The Balaban J connectivity index is 0.00000264. The number of nitrogens with zero attached hydrogens (tertiary/aromatic N) is 2. The maximum atomic E-state index is 12.1. The van der Waals surface area contributed by atoms with Crippen molar-refractivity contribution in [1.29, 1.82) is 0 Å². The summed E-state index contributed by atoms with van der Waals surface area (Å²) in [6.45, 7) is -0.463. The molecule has 8 heteroatoms. The first-order valence-corrected chi connectivity index (χ1v) is 6.62. The van der Waals surface area contributed by atoms with Crippen molar-refractivity contribution in [2.45, 2.75) is 13.0 Å². The van der Waals surface area contributed by atoms with Crippen LogP contribution in [-0.4, -0.2) is 24.0 Å². The number of halogens is 3. The molecular formula is C15H17F2IN4O. The zero-order valence-electron chi connectivity index (χ0n) is 12.2. The number of pyridine rings is 1. The van der Waals surface area contributed by atoms with Gasteiger partial charge in [0.2, 0.25) is 5.88 Å². The molecule has 0 saturated carbocycles. The lowest BCUT2D eigenvalue weighted by Gasteiger charge is -2.07. The third kappa shape index (κ3) is 7.22. The van der Waals surface area contributed by atoms with Crippen molar-refractivity contribution in [2.24, 2.45) is 10.7 Å². The SMILES string of the molecule is I.NC(=NCc1cccc(OCC(F)F)n1)Nc1ccccc1. The number of nitrogens with two attached hydrogens (primary N) is 1. The summed E-state index contributed by atoms with van der Waals surface area (Å²) < 4.78 is 29.0. The number of rotatable bonds is 6. The molecule has 5 nitrogen and oxygen atoms in total. The van der Waals surface area contributed by atoms with E-state index >= 15 is 0 Å². The molecule has 1 aromatic carbocycles. The molecule has 0 radical (unpaired) electrons. The Morgan fingerprint density at radius 1 is 1.17 bits per heavy atom. The molecule has 1 aromatic heterocycles. The van der Waals surface area contributed by atoms with Gasteiger partial charge in [0.1, 0.15) is 0 Å². The molecule has 2 rings (SSSR count). The van der Waals surface area contributed by atoms with Crippen molar-refractivity contribution >= 4 is 35.6 Å². The number of para-hydroxylation sites is 1. The van der Waals surface area contributed by atoms with Crippen LogP contribution in [0.5, 0.6) is 5.88 Å². The number of hydrogen-bond acceptors (Lipinski definition) is 3. The maximum Gasteiger partial charge on any atom is 0.272 e. The van der Waals surface area contributed by atoms with Gasteiger partial charge in [0, 0.05) is 11.8 Å². The first kappa shape index (κ1) is 19.1. The van der Waals surface area contributed by atoms with E-state index in [4.69, 9.17) is 10.5 Å². The molecule has 0 unspecified atom stereocenters. The topological polar surface area (TPSA) is 72.5 Å². The molecule has 0 aliphatic carbocycles. The van der Waals surface area contributed by atoms with Crippen molar-refractivity contribution in [1.82, 2.24) is 4.98 Å². The van der Waals surface area contributed by atoms with E-state index in [9.17, 15) is 8.78 Å². The van der Waals surface area contributed by atoms with E-state index in [1.165, 1.54) is 6.07 Å². The minimum atomic E-state index is -2.53. The molecule has 3 N–H and O–H groups in total. The number of ether oxygens (including phenoxy) is 1.